The van der Waals surface area contributed by atoms with Gasteiger partial charge in [0.15, 0.2) is 0 Å². The third kappa shape index (κ3) is 3.71. The number of carbonyl (C=O) groups excluding carboxylic acids is 2. The summed E-state index contributed by atoms with van der Waals surface area (Å²) < 4.78 is 0. The zero-order valence-corrected chi connectivity index (χ0v) is 15.6. The topological polar surface area (TPSA) is 61.4 Å². The van der Waals surface area contributed by atoms with Crippen LogP contribution in [-0.2, 0) is 9.59 Å². The molecule has 1 heterocycles. The van der Waals surface area contributed by atoms with Crippen LogP contribution >= 0.6 is 0 Å². The second-order valence-corrected chi connectivity index (χ2v) is 9.36. The molecular formula is C20H33N3O2. The molecule has 4 aliphatic carbocycles. The first-order chi connectivity index (χ1) is 12.0. The Hall–Kier alpha value is -1.10. The van der Waals surface area contributed by atoms with Gasteiger partial charge in [0.2, 0.25) is 11.8 Å². The van der Waals surface area contributed by atoms with E-state index in [9.17, 15) is 9.59 Å². The molecule has 5 nitrogen and oxygen atoms in total. The maximum Gasteiger partial charge on any atom is 0.241 e. The van der Waals surface area contributed by atoms with E-state index in [1.165, 1.54) is 38.5 Å². The third-order valence-electron chi connectivity index (χ3n) is 7.39. The number of rotatable bonds is 5. The fourth-order valence-corrected chi connectivity index (χ4v) is 6.61. The number of nitrogens with one attached hydrogen (secondary N) is 2. The van der Waals surface area contributed by atoms with Gasteiger partial charge in [0, 0.05) is 19.5 Å². The van der Waals surface area contributed by atoms with E-state index in [0.29, 0.717) is 12.5 Å². The van der Waals surface area contributed by atoms with E-state index in [2.05, 4.69) is 10.6 Å². The molecule has 5 heteroatoms. The van der Waals surface area contributed by atoms with Crippen molar-refractivity contribution in [1.82, 2.24) is 15.5 Å². The summed E-state index contributed by atoms with van der Waals surface area (Å²) in [5.41, 5.74) is 0.253. The summed E-state index contributed by atoms with van der Waals surface area (Å²) in [5.74, 6) is 2.74. The van der Waals surface area contributed by atoms with Crippen LogP contribution in [0.4, 0.5) is 0 Å². The Morgan fingerprint density at radius 3 is 2.16 bits per heavy atom. The molecule has 140 valence electrons. The van der Waals surface area contributed by atoms with E-state index in [0.717, 1.165) is 43.7 Å². The average molecular weight is 348 g/mol. The van der Waals surface area contributed by atoms with Gasteiger partial charge < -0.3 is 15.5 Å². The smallest absolute Gasteiger partial charge is 0.241 e. The zero-order valence-electron chi connectivity index (χ0n) is 15.6. The quantitative estimate of drug-likeness (QED) is 0.799. The van der Waals surface area contributed by atoms with Crippen LogP contribution in [0.5, 0.6) is 0 Å². The van der Waals surface area contributed by atoms with E-state index >= 15 is 0 Å². The van der Waals surface area contributed by atoms with Crippen molar-refractivity contribution < 1.29 is 9.59 Å². The molecular weight excluding hydrogens is 314 g/mol. The van der Waals surface area contributed by atoms with Gasteiger partial charge >= 0.3 is 0 Å². The van der Waals surface area contributed by atoms with Crippen LogP contribution in [0.2, 0.25) is 0 Å². The first-order valence-electron chi connectivity index (χ1n) is 10.3. The number of hydrogen-bond acceptors (Lipinski definition) is 3. The van der Waals surface area contributed by atoms with Crippen molar-refractivity contribution in [3.05, 3.63) is 0 Å². The number of carbonyl (C=O) groups is 2. The molecule has 25 heavy (non-hydrogen) atoms. The Morgan fingerprint density at radius 2 is 1.60 bits per heavy atom. The highest BCUT2D eigenvalue weighted by molar-refractivity contribution is 5.85. The normalized spacial score (nSPS) is 37.1. The van der Waals surface area contributed by atoms with Gasteiger partial charge in [-0.25, -0.2) is 0 Å². The predicted molar refractivity (Wildman–Crippen MR) is 96.9 cm³/mol. The first-order valence-corrected chi connectivity index (χ1v) is 10.3. The Balaban J connectivity index is 1.26. The van der Waals surface area contributed by atoms with Crippen LogP contribution in [0.3, 0.4) is 0 Å². The molecule has 5 rings (SSSR count). The summed E-state index contributed by atoms with van der Waals surface area (Å²) in [6, 6.07) is 0.314. The highest BCUT2D eigenvalue weighted by Gasteiger charge is 2.51. The number of piperidine rings is 1. The summed E-state index contributed by atoms with van der Waals surface area (Å²) in [5, 5.41) is 6.25. The van der Waals surface area contributed by atoms with Crippen molar-refractivity contribution in [2.45, 2.75) is 63.8 Å². The molecule has 0 aromatic heterocycles. The van der Waals surface area contributed by atoms with E-state index in [4.69, 9.17) is 0 Å². The highest BCUT2D eigenvalue weighted by atomic mass is 16.2. The van der Waals surface area contributed by atoms with Crippen LogP contribution in [0.1, 0.15) is 57.8 Å². The largest absolute Gasteiger partial charge is 0.347 e. The zero-order chi connectivity index (χ0) is 17.4. The molecule has 0 unspecified atom stereocenters. The Bertz CT molecular complexity index is 492. The Kier molecular flexibility index (Phi) is 4.78. The fourth-order valence-electron chi connectivity index (χ4n) is 6.61. The molecule has 5 fully saturated rings. The van der Waals surface area contributed by atoms with Gasteiger partial charge in [-0.05, 0) is 87.6 Å². The van der Waals surface area contributed by atoms with Crippen molar-refractivity contribution in [2.75, 3.05) is 26.7 Å². The molecule has 0 radical (unpaired) electrons. The molecule has 2 amide bonds. The van der Waals surface area contributed by atoms with Crippen molar-refractivity contribution in [2.24, 2.45) is 23.2 Å². The van der Waals surface area contributed by atoms with Crippen molar-refractivity contribution in [1.29, 1.82) is 0 Å². The lowest BCUT2D eigenvalue weighted by Crippen LogP contribution is -2.49. The number of hydrogen-bond donors (Lipinski definition) is 2. The summed E-state index contributed by atoms with van der Waals surface area (Å²) in [7, 11) is 1.88. The van der Waals surface area contributed by atoms with Crippen molar-refractivity contribution >= 4 is 11.8 Å². The lowest BCUT2D eigenvalue weighted by molar-refractivity contribution is -0.136. The lowest BCUT2D eigenvalue weighted by atomic mass is 9.49. The van der Waals surface area contributed by atoms with Crippen LogP contribution in [-0.4, -0.2) is 49.4 Å². The van der Waals surface area contributed by atoms with Crippen LogP contribution in [0.25, 0.3) is 0 Å². The minimum atomic E-state index is 0.0470. The van der Waals surface area contributed by atoms with Gasteiger partial charge in [-0.2, -0.15) is 0 Å². The predicted octanol–water partition coefficient (Wildman–Crippen LogP) is 1.92. The molecule has 5 aliphatic rings. The maximum absolute atomic E-state index is 12.5. The van der Waals surface area contributed by atoms with E-state index in [1.54, 1.807) is 0 Å². The van der Waals surface area contributed by atoms with E-state index in [-0.39, 0.29) is 23.8 Å². The standard InChI is InChI=1S/C20H33N3O2/c1-23(17-2-4-21-5-3-17)19(25)13-22-18(24)12-20-9-14-6-15(10-20)8-16(7-14)11-20/h14-17,21H,2-13H2,1H3,(H,22,24). The molecule has 2 N–H and O–H groups in total. The van der Waals surface area contributed by atoms with E-state index in [1.807, 2.05) is 11.9 Å². The lowest BCUT2D eigenvalue weighted by Gasteiger charge is -2.56. The minimum absolute atomic E-state index is 0.0470. The molecule has 1 aliphatic heterocycles. The fraction of sp³-hybridized carbons (Fsp3) is 0.900. The van der Waals surface area contributed by atoms with E-state index < -0.39 is 0 Å². The number of nitrogens with zero attached hydrogens (tertiary/aromatic N) is 1. The summed E-state index contributed by atoms with van der Waals surface area (Å²) in [6.07, 6.45) is 10.6. The highest BCUT2D eigenvalue weighted by Crippen LogP contribution is 2.61. The Morgan fingerprint density at radius 1 is 1.04 bits per heavy atom. The molecule has 0 aromatic rings. The maximum atomic E-state index is 12.5. The number of likely N-dealkylation sites (N-methyl/N-ethyl adjacent to an activating group) is 1. The number of amides is 2. The van der Waals surface area contributed by atoms with Crippen LogP contribution in [0, 0.1) is 23.2 Å². The second kappa shape index (κ2) is 6.90. The monoisotopic (exact) mass is 347 g/mol. The minimum Gasteiger partial charge on any atom is -0.347 e. The van der Waals surface area contributed by atoms with Crippen LogP contribution in [0.15, 0.2) is 0 Å². The van der Waals surface area contributed by atoms with Gasteiger partial charge in [-0.1, -0.05) is 0 Å². The summed E-state index contributed by atoms with van der Waals surface area (Å²) >= 11 is 0. The molecule has 4 bridgehead atoms. The molecule has 1 saturated heterocycles. The molecule has 0 spiro atoms. The average Bonchev–Trinajstić information content (AvgIpc) is 2.58. The van der Waals surface area contributed by atoms with Crippen molar-refractivity contribution in [3.63, 3.8) is 0 Å². The first kappa shape index (κ1) is 17.3. The van der Waals surface area contributed by atoms with Gasteiger partial charge in [0.05, 0.1) is 6.54 Å². The van der Waals surface area contributed by atoms with Gasteiger partial charge in [-0.15, -0.1) is 0 Å². The SMILES string of the molecule is CN(C(=O)CNC(=O)CC12CC3CC(CC(C3)C1)C2)C1CCNCC1. The molecule has 0 atom stereocenters. The summed E-state index contributed by atoms with van der Waals surface area (Å²) in [6.45, 7) is 2.10. The van der Waals surface area contributed by atoms with Gasteiger partial charge in [0.1, 0.15) is 0 Å². The Labute approximate surface area is 151 Å². The molecule has 4 saturated carbocycles. The van der Waals surface area contributed by atoms with Gasteiger partial charge in [-0.3, -0.25) is 9.59 Å². The second-order valence-electron chi connectivity index (χ2n) is 9.36. The van der Waals surface area contributed by atoms with Crippen LogP contribution < -0.4 is 10.6 Å². The van der Waals surface area contributed by atoms with Gasteiger partial charge in [0.25, 0.3) is 0 Å². The third-order valence-corrected chi connectivity index (χ3v) is 7.39. The van der Waals surface area contributed by atoms with Crippen molar-refractivity contribution in [3.8, 4) is 0 Å². The summed E-state index contributed by atoms with van der Waals surface area (Å²) in [4.78, 5) is 26.8. The molecule has 0 aromatic carbocycles.